The van der Waals surface area contributed by atoms with Gasteiger partial charge in [0.05, 0.1) is 6.54 Å². The van der Waals surface area contributed by atoms with Crippen LogP contribution in [0.3, 0.4) is 0 Å². The van der Waals surface area contributed by atoms with Gasteiger partial charge in [0.15, 0.2) is 0 Å². The number of amides is 1. The predicted octanol–water partition coefficient (Wildman–Crippen LogP) is 1.50. The van der Waals surface area contributed by atoms with Crippen LogP contribution in [0.2, 0.25) is 0 Å². The first-order chi connectivity index (χ1) is 9.67. The molecule has 2 aliphatic rings. The highest BCUT2D eigenvalue weighted by molar-refractivity contribution is 5.82. The number of ether oxygens (including phenoxy) is 1. The lowest BCUT2D eigenvalue weighted by atomic mass is 9.80. The fraction of sp³-hybridized carbons (Fsp3) is 0.562. The number of fused-ring (bicyclic) bond motifs is 1. The second kappa shape index (κ2) is 5.44. The highest BCUT2D eigenvalue weighted by atomic mass is 16.5. The molecule has 0 bridgehead atoms. The maximum Gasteiger partial charge on any atom is 0.226 e. The molecule has 4 nitrogen and oxygen atoms in total. The first-order valence-corrected chi connectivity index (χ1v) is 7.41. The molecule has 0 radical (unpaired) electrons. The summed E-state index contributed by atoms with van der Waals surface area (Å²) in [7, 11) is 0. The lowest BCUT2D eigenvalue weighted by Crippen LogP contribution is -2.47. The van der Waals surface area contributed by atoms with Gasteiger partial charge in [0.2, 0.25) is 5.91 Å². The van der Waals surface area contributed by atoms with Crippen molar-refractivity contribution in [2.75, 3.05) is 19.6 Å². The molecule has 0 saturated carbocycles. The zero-order valence-electron chi connectivity index (χ0n) is 11.9. The van der Waals surface area contributed by atoms with Crippen LogP contribution in [0.5, 0.6) is 5.75 Å². The van der Waals surface area contributed by atoms with E-state index in [0.29, 0.717) is 6.54 Å². The first-order valence-electron chi connectivity index (χ1n) is 7.41. The Morgan fingerprint density at radius 1 is 1.40 bits per heavy atom. The zero-order chi connectivity index (χ0) is 14.0. The summed E-state index contributed by atoms with van der Waals surface area (Å²) in [5.74, 6) is 1.12. The molecule has 1 aromatic carbocycles. The molecule has 20 heavy (non-hydrogen) atoms. The normalized spacial score (nSPS) is 23.8. The summed E-state index contributed by atoms with van der Waals surface area (Å²) in [5.41, 5.74) is 1.01. The van der Waals surface area contributed by atoms with Crippen LogP contribution in [0.4, 0.5) is 0 Å². The van der Waals surface area contributed by atoms with Crippen LogP contribution >= 0.6 is 0 Å². The number of rotatable bonds is 3. The van der Waals surface area contributed by atoms with Crippen LogP contribution in [0, 0.1) is 5.41 Å². The third kappa shape index (κ3) is 2.66. The van der Waals surface area contributed by atoms with Crippen LogP contribution in [-0.2, 0) is 11.2 Å². The molecule has 1 atom stereocenters. The molecule has 1 amide bonds. The molecule has 1 aromatic rings. The number of nitrogens with one attached hydrogen (secondary N) is 2. The van der Waals surface area contributed by atoms with Gasteiger partial charge >= 0.3 is 0 Å². The lowest BCUT2D eigenvalue weighted by molar-refractivity contribution is -0.131. The van der Waals surface area contributed by atoms with E-state index in [2.05, 4.69) is 23.6 Å². The minimum atomic E-state index is -0.225. The van der Waals surface area contributed by atoms with E-state index in [1.807, 2.05) is 18.2 Å². The van der Waals surface area contributed by atoms with Crippen molar-refractivity contribution in [1.29, 1.82) is 0 Å². The van der Waals surface area contributed by atoms with E-state index in [-0.39, 0.29) is 17.4 Å². The monoisotopic (exact) mass is 274 g/mol. The van der Waals surface area contributed by atoms with Gasteiger partial charge in [-0.25, -0.2) is 0 Å². The number of carbonyl (C=O) groups is 1. The molecule has 3 rings (SSSR count). The summed E-state index contributed by atoms with van der Waals surface area (Å²) in [4.78, 5) is 12.4. The number of piperidine rings is 1. The van der Waals surface area contributed by atoms with Gasteiger partial charge in [0.1, 0.15) is 11.9 Å². The average Bonchev–Trinajstić information content (AvgIpc) is 2.88. The van der Waals surface area contributed by atoms with Gasteiger partial charge in [-0.05, 0) is 37.6 Å². The zero-order valence-corrected chi connectivity index (χ0v) is 11.9. The van der Waals surface area contributed by atoms with Gasteiger partial charge in [-0.1, -0.05) is 25.1 Å². The van der Waals surface area contributed by atoms with Crippen molar-refractivity contribution in [3.05, 3.63) is 29.8 Å². The second-order valence-corrected chi connectivity index (χ2v) is 6.07. The van der Waals surface area contributed by atoms with Crippen LogP contribution in [0.15, 0.2) is 24.3 Å². The van der Waals surface area contributed by atoms with Crippen molar-refractivity contribution < 1.29 is 9.53 Å². The van der Waals surface area contributed by atoms with E-state index in [1.165, 1.54) is 5.56 Å². The molecule has 1 saturated heterocycles. The Kier molecular flexibility index (Phi) is 3.66. The van der Waals surface area contributed by atoms with E-state index >= 15 is 0 Å². The largest absolute Gasteiger partial charge is 0.488 e. The predicted molar refractivity (Wildman–Crippen MR) is 77.8 cm³/mol. The fourth-order valence-electron chi connectivity index (χ4n) is 2.99. The van der Waals surface area contributed by atoms with Crippen molar-refractivity contribution in [2.45, 2.75) is 32.3 Å². The molecule has 1 fully saturated rings. The summed E-state index contributed by atoms with van der Waals surface area (Å²) in [6, 6.07) is 8.09. The van der Waals surface area contributed by atoms with Gasteiger partial charge < -0.3 is 15.4 Å². The Bertz CT molecular complexity index is 470. The topological polar surface area (TPSA) is 50.4 Å². The molecule has 2 N–H and O–H groups in total. The minimum absolute atomic E-state index is 0.0710. The summed E-state index contributed by atoms with van der Waals surface area (Å²) in [6.07, 6.45) is 2.77. The summed E-state index contributed by atoms with van der Waals surface area (Å²) in [5, 5.41) is 6.38. The Balaban J connectivity index is 1.52. The number of benzene rings is 1. The van der Waals surface area contributed by atoms with Crippen LogP contribution in [-0.4, -0.2) is 31.6 Å². The third-order valence-electron chi connectivity index (χ3n) is 4.46. The summed E-state index contributed by atoms with van der Waals surface area (Å²) in [6.45, 7) is 4.51. The van der Waals surface area contributed by atoms with Gasteiger partial charge in [0.25, 0.3) is 0 Å². The Labute approximate surface area is 119 Å². The maximum atomic E-state index is 12.4. The van der Waals surface area contributed by atoms with E-state index in [9.17, 15) is 4.79 Å². The Morgan fingerprint density at radius 3 is 2.90 bits per heavy atom. The van der Waals surface area contributed by atoms with Crippen molar-refractivity contribution in [3.8, 4) is 5.75 Å². The van der Waals surface area contributed by atoms with E-state index in [0.717, 1.165) is 38.1 Å². The molecule has 0 aliphatic carbocycles. The highest BCUT2D eigenvalue weighted by Crippen LogP contribution is 2.29. The number of carbonyl (C=O) groups excluding carboxylic acids is 1. The molecule has 2 heterocycles. The standard InChI is InChI=1S/C16H22N2O2/c1-16(6-8-17-9-7-16)15(19)18-11-13-10-12-4-2-3-5-14(12)20-13/h2-5,13,17H,6-11H2,1H3,(H,18,19). The molecule has 2 aliphatic heterocycles. The highest BCUT2D eigenvalue weighted by Gasteiger charge is 2.35. The van der Waals surface area contributed by atoms with Gasteiger partial charge in [-0.15, -0.1) is 0 Å². The molecule has 0 spiro atoms. The van der Waals surface area contributed by atoms with Crippen molar-refractivity contribution in [2.24, 2.45) is 5.41 Å². The number of hydrogen-bond donors (Lipinski definition) is 2. The summed E-state index contributed by atoms with van der Waals surface area (Å²) >= 11 is 0. The lowest BCUT2D eigenvalue weighted by Gasteiger charge is -2.32. The molecular formula is C16H22N2O2. The van der Waals surface area contributed by atoms with Gasteiger partial charge in [-0.3, -0.25) is 4.79 Å². The summed E-state index contributed by atoms with van der Waals surface area (Å²) < 4.78 is 5.85. The van der Waals surface area contributed by atoms with Crippen molar-refractivity contribution in [1.82, 2.24) is 10.6 Å². The van der Waals surface area contributed by atoms with Gasteiger partial charge in [0, 0.05) is 11.8 Å². The number of para-hydroxylation sites is 1. The van der Waals surface area contributed by atoms with E-state index in [4.69, 9.17) is 4.74 Å². The fourth-order valence-corrected chi connectivity index (χ4v) is 2.99. The van der Waals surface area contributed by atoms with Gasteiger partial charge in [-0.2, -0.15) is 0 Å². The van der Waals surface area contributed by atoms with Crippen molar-refractivity contribution >= 4 is 5.91 Å². The van der Waals surface area contributed by atoms with Crippen LogP contribution in [0.25, 0.3) is 0 Å². The smallest absolute Gasteiger partial charge is 0.226 e. The van der Waals surface area contributed by atoms with E-state index < -0.39 is 0 Å². The van der Waals surface area contributed by atoms with E-state index in [1.54, 1.807) is 0 Å². The molecular weight excluding hydrogens is 252 g/mol. The average molecular weight is 274 g/mol. The first kappa shape index (κ1) is 13.4. The minimum Gasteiger partial charge on any atom is -0.488 e. The number of hydrogen-bond acceptors (Lipinski definition) is 3. The second-order valence-electron chi connectivity index (χ2n) is 6.07. The molecule has 4 heteroatoms. The quantitative estimate of drug-likeness (QED) is 0.878. The van der Waals surface area contributed by atoms with Crippen molar-refractivity contribution in [3.63, 3.8) is 0 Å². The third-order valence-corrected chi connectivity index (χ3v) is 4.46. The van der Waals surface area contributed by atoms with Crippen LogP contribution in [0.1, 0.15) is 25.3 Å². The molecule has 0 aromatic heterocycles. The maximum absolute atomic E-state index is 12.4. The SMILES string of the molecule is CC1(C(=O)NCC2Cc3ccccc3O2)CCNCC1. The Hall–Kier alpha value is -1.55. The Morgan fingerprint density at radius 2 is 2.15 bits per heavy atom. The van der Waals surface area contributed by atoms with Crippen LogP contribution < -0.4 is 15.4 Å². The molecule has 1 unspecified atom stereocenters. The molecule has 108 valence electrons.